The molecule has 0 fully saturated rings. The number of rotatable bonds is 4. The molecule has 0 saturated heterocycles. The van der Waals surface area contributed by atoms with E-state index in [2.05, 4.69) is 4.98 Å². The van der Waals surface area contributed by atoms with E-state index in [9.17, 15) is 9.59 Å². The van der Waals surface area contributed by atoms with Gasteiger partial charge in [0.1, 0.15) is 12.1 Å². The zero-order valence-electron chi connectivity index (χ0n) is 13.5. The molecule has 7 heteroatoms. The molecule has 1 heterocycles. The van der Waals surface area contributed by atoms with Crippen LogP contribution in [0.25, 0.3) is 0 Å². The summed E-state index contributed by atoms with van der Waals surface area (Å²) in [5, 5.41) is 0. The highest BCUT2D eigenvalue weighted by molar-refractivity contribution is 5.73. The highest BCUT2D eigenvalue weighted by Crippen LogP contribution is 2.27. The Kier molecular flexibility index (Phi) is 4.65. The molecule has 2 amide bonds. The summed E-state index contributed by atoms with van der Waals surface area (Å²) in [5.74, 6) is -0.468. The van der Waals surface area contributed by atoms with Crippen molar-refractivity contribution in [3.63, 3.8) is 0 Å². The number of ether oxygens (including phenoxy) is 1. The Bertz CT molecular complexity index is 529. The van der Waals surface area contributed by atoms with E-state index in [0.717, 1.165) is 0 Å². The molecule has 0 aliphatic rings. The van der Waals surface area contributed by atoms with Crippen molar-refractivity contribution in [1.29, 1.82) is 0 Å². The SMILES string of the molecule is CN(C(=O)OC(C)(C)C)C(C)(C)c1cncn1CC(N)=O. The van der Waals surface area contributed by atoms with E-state index in [-0.39, 0.29) is 6.54 Å². The third kappa shape index (κ3) is 4.21. The number of nitrogens with zero attached hydrogens (tertiary/aromatic N) is 3. The number of hydrogen-bond acceptors (Lipinski definition) is 4. The van der Waals surface area contributed by atoms with Gasteiger partial charge < -0.3 is 19.9 Å². The van der Waals surface area contributed by atoms with E-state index >= 15 is 0 Å². The summed E-state index contributed by atoms with van der Waals surface area (Å²) >= 11 is 0. The number of aromatic nitrogens is 2. The number of amides is 2. The first-order valence-electron chi connectivity index (χ1n) is 6.71. The highest BCUT2D eigenvalue weighted by Gasteiger charge is 2.35. The number of carbonyl (C=O) groups is 2. The molecule has 1 rings (SSSR count). The maximum absolute atomic E-state index is 12.2. The summed E-state index contributed by atoms with van der Waals surface area (Å²) in [7, 11) is 1.65. The molecule has 0 unspecified atom stereocenters. The molecule has 0 aliphatic heterocycles. The fourth-order valence-corrected chi connectivity index (χ4v) is 1.85. The average molecular weight is 296 g/mol. The third-order valence-electron chi connectivity index (χ3n) is 3.17. The summed E-state index contributed by atoms with van der Waals surface area (Å²) in [5.41, 5.74) is 4.65. The lowest BCUT2D eigenvalue weighted by molar-refractivity contribution is -0.118. The molecule has 0 spiro atoms. The maximum Gasteiger partial charge on any atom is 0.410 e. The molecule has 0 aromatic carbocycles. The van der Waals surface area contributed by atoms with Gasteiger partial charge in [-0.2, -0.15) is 0 Å². The second-order valence-corrected chi connectivity index (χ2v) is 6.47. The molecule has 0 atom stereocenters. The van der Waals surface area contributed by atoms with Gasteiger partial charge in [-0.3, -0.25) is 4.79 Å². The summed E-state index contributed by atoms with van der Waals surface area (Å²) in [4.78, 5) is 28.8. The van der Waals surface area contributed by atoms with E-state index in [1.807, 2.05) is 34.6 Å². The van der Waals surface area contributed by atoms with Gasteiger partial charge in [0.25, 0.3) is 0 Å². The lowest BCUT2D eigenvalue weighted by atomic mass is 9.99. The zero-order chi connectivity index (χ0) is 16.4. The van der Waals surface area contributed by atoms with Crippen molar-refractivity contribution in [3.8, 4) is 0 Å². The second kappa shape index (κ2) is 5.75. The number of carbonyl (C=O) groups excluding carboxylic acids is 2. The van der Waals surface area contributed by atoms with Crippen LogP contribution in [0.15, 0.2) is 12.5 Å². The largest absolute Gasteiger partial charge is 0.444 e. The average Bonchev–Trinajstić information content (AvgIpc) is 2.73. The fourth-order valence-electron chi connectivity index (χ4n) is 1.85. The van der Waals surface area contributed by atoms with Crippen molar-refractivity contribution in [2.75, 3.05) is 7.05 Å². The minimum atomic E-state index is -0.700. The molecule has 7 nitrogen and oxygen atoms in total. The summed E-state index contributed by atoms with van der Waals surface area (Å²) in [6, 6.07) is 0. The Hall–Kier alpha value is -2.05. The molecule has 0 radical (unpaired) electrons. The number of nitrogens with two attached hydrogens (primary N) is 1. The minimum Gasteiger partial charge on any atom is -0.444 e. The van der Waals surface area contributed by atoms with Crippen molar-refractivity contribution in [2.45, 2.75) is 52.3 Å². The lowest BCUT2D eigenvalue weighted by Crippen LogP contribution is -2.46. The molecule has 21 heavy (non-hydrogen) atoms. The van der Waals surface area contributed by atoms with Crippen molar-refractivity contribution < 1.29 is 14.3 Å². The summed E-state index contributed by atoms with van der Waals surface area (Å²) in [6.07, 6.45) is 2.69. The van der Waals surface area contributed by atoms with Crippen LogP contribution in [-0.4, -0.2) is 39.1 Å². The molecule has 2 N–H and O–H groups in total. The summed E-state index contributed by atoms with van der Waals surface area (Å²) < 4.78 is 7.00. The van der Waals surface area contributed by atoms with Crippen LogP contribution in [0.3, 0.4) is 0 Å². The van der Waals surface area contributed by atoms with Crippen LogP contribution >= 0.6 is 0 Å². The predicted octanol–water partition coefficient (Wildman–Crippen LogP) is 1.47. The van der Waals surface area contributed by atoms with Gasteiger partial charge in [0.05, 0.1) is 23.8 Å². The first-order chi connectivity index (χ1) is 9.45. The maximum atomic E-state index is 12.2. The molecule has 1 aromatic rings. The lowest BCUT2D eigenvalue weighted by Gasteiger charge is -2.36. The van der Waals surface area contributed by atoms with Crippen molar-refractivity contribution in [1.82, 2.24) is 14.5 Å². The summed E-state index contributed by atoms with van der Waals surface area (Å²) in [6.45, 7) is 9.15. The van der Waals surface area contributed by atoms with Crippen LogP contribution in [0.4, 0.5) is 4.79 Å². The van der Waals surface area contributed by atoms with Crippen LogP contribution in [0.5, 0.6) is 0 Å². The second-order valence-electron chi connectivity index (χ2n) is 6.47. The quantitative estimate of drug-likeness (QED) is 0.911. The van der Waals surface area contributed by atoms with Gasteiger partial charge in [-0.1, -0.05) is 0 Å². The number of primary amides is 1. The van der Waals surface area contributed by atoms with E-state index in [4.69, 9.17) is 10.5 Å². The van der Waals surface area contributed by atoms with Gasteiger partial charge in [0.2, 0.25) is 5.91 Å². The zero-order valence-corrected chi connectivity index (χ0v) is 13.5. The van der Waals surface area contributed by atoms with Crippen LogP contribution in [0, 0.1) is 0 Å². The Morgan fingerprint density at radius 1 is 1.33 bits per heavy atom. The van der Waals surface area contributed by atoms with E-state index < -0.39 is 23.1 Å². The van der Waals surface area contributed by atoms with Gasteiger partial charge in [-0.25, -0.2) is 9.78 Å². The van der Waals surface area contributed by atoms with Gasteiger partial charge in [-0.15, -0.1) is 0 Å². The van der Waals surface area contributed by atoms with E-state index in [1.165, 1.54) is 11.2 Å². The van der Waals surface area contributed by atoms with Gasteiger partial charge in [0.15, 0.2) is 0 Å². The first kappa shape index (κ1) is 17.0. The molecule has 118 valence electrons. The fraction of sp³-hybridized carbons (Fsp3) is 0.643. The molecular weight excluding hydrogens is 272 g/mol. The van der Waals surface area contributed by atoms with Crippen LogP contribution in [0.1, 0.15) is 40.3 Å². The van der Waals surface area contributed by atoms with Crippen LogP contribution < -0.4 is 5.73 Å². The van der Waals surface area contributed by atoms with Gasteiger partial charge >= 0.3 is 6.09 Å². The molecule has 0 saturated carbocycles. The molecule has 0 aliphatic carbocycles. The third-order valence-corrected chi connectivity index (χ3v) is 3.17. The standard InChI is InChI=1S/C14H24N4O3/c1-13(2,3)21-12(20)17(6)14(4,5)10-7-16-9-18(10)8-11(15)19/h7,9H,8H2,1-6H3,(H2,15,19). The Labute approximate surface area is 125 Å². The van der Waals surface area contributed by atoms with Crippen LogP contribution in [-0.2, 0) is 21.6 Å². The molecular formula is C14H24N4O3. The Balaban J connectivity index is 3.02. The smallest absolute Gasteiger partial charge is 0.410 e. The van der Waals surface area contributed by atoms with Crippen LogP contribution in [0.2, 0.25) is 0 Å². The van der Waals surface area contributed by atoms with E-state index in [1.54, 1.807) is 17.8 Å². The Morgan fingerprint density at radius 2 is 1.90 bits per heavy atom. The molecule has 1 aromatic heterocycles. The van der Waals surface area contributed by atoms with Gasteiger partial charge in [-0.05, 0) is 34.6 Å². The molecule has 0 bridgehead atoms. The number of imidazole rings is 1. The first-order valence-corrected chi connectivity index (χ1v) is 6.71. The highest BCUT2D eigenvalue weighted by atomic mass is 16.6. The topological polar surface area (TPSA) is 90.5 Å². The van der Waals surface area contributed by atoms with Gasteiger partial charge in [0, 0.05) is 7.05 Å². The monoisotopic (exact) mass is 296 g/mol. The van der Waals surface area contributed by atoms with Crippen molar-refractivity contribution in [3.05, 3.63) is 18.2 Å². The number of hydrogen-bond donors (Lipinski definition) is 1. The predicted molar refractivity (Wildman–Crippen MR) is 78.4 cm³/mol. The Morgan fingerprint density at radius 3 is 2.38 bits per heavy atom. The minimum absolute atomic E-state index is 0.0148. The van der Waals surface area contributed by atoms with E-state index in [0.29, 0.717) is 5.69 Å². The van der Waals surface area contributed by atoms with Crippen molar-refractivity contribution in [2.24, 2.45) is 5.73 Å². The normalized spacial score (nSPS) is 12.1. The van der Waals surface area contributed by atoms with Crippen molar-refractivity contribution >= 4 is 12.0 Å².